The number of aromatic nitrogens is 3. The predicted molar refractivity (Wildman–Crippen MR) is 89.3 cm³/mol. The maximum atomic E-state index is 12.3. The molecule has 0 bridgehead atoms. The van der Waals surface area contributed by atoms with E-state index in [4.69, 9.17) is 0 Å². The van der Waals surface area contributed by atoms with Crippen LogP contribution in [0, 0.1) is 5.92 Å². The molecule has 1 aromatic heterocycles. The zero-order valence-corrected chi connectivity index (χ0v) is 14.7. The van der Waals surface area contributed by atoms with Gasteiger partial charge in [-0.15, -0.1) is 5.10 Å². The predicted octanol–water partition coefficient (Wildman–Crippen LogP) is 0.655. The minimum Gasteiger partial charge on any atom is -0.342 e. The Morgan fingerprint density at radius 1 is 1.52 bits per heavy atom. The molecule has 1 saturated heterocycles. The zero-order chi connectivity index (χ0) is 16.8. The molecule has 1 aromatic rings. The molecule has 1 atom stereocenters. The van der Waals surface area contributed by atoms with Crippen molar-refractivity contribution in [3.8, 4) is 0 Å². The van der Waals surface area contributed by atoms with Gasteiger partial charge in [0.1, 0.15) is 0 Å². The summed E-state index contributed by atoms with van der Waals surface area (Å²) in [5.41, 5.74) is 0. The summed E-state index contributed by atoms with van der Waals surface area (Å²) in [4.78, 5) is 32.3. The summed E-state index contributed by atoms with van der Waals surface area (Å²) < 4.78 is 0. The topological polar surface area (TPSA) is 94.2 Å². The van der Waals surface area contributed by atoms with Crippen LogP contribution in [-0.2, 0) is 9.59 Å². The monoisotopic (exact) mass is 340 g/mol. The van der Waals surface area contributed by atoms with Crippen molar-refractivity contribution in [1.29, 1.82) is 0 Å². The van der Waals surface area contributed by atoms with Crippen LogP contribution in [0.15, 0.2) is 5.16 Å². The molecule has 2 amide bonds. The summed E-state index contributed by atoms with van der Waals surface area (Å²) in [6.45, 7) is 4.11. The van der Waals surface area contributed by atoms with Gasteiger partial charge in [0, 0.05) is 19.5 Å². The third kappa shape index (κ3) is 5.21. The molecular formula is C14H24N6O2S. The van der Waals surface area contributed by atoms with Gasteiger partial charge in [0.15, 0.2) is 0 Å². The largest absolute Gasteiger partial charge is 0.342 e. The Morgan fingerprint density at radius 2 is 2.30 bits per heavy atom. The van der Waals surface area contributed by atoms with Crippen molar-refractivity contribution >= 4 is 29.5 Å². The van der Waals surface area contributed by atoms with Crippen LogP contribution in [-0.4, -0.2) is 76.3 Å². The molecule has 1 aliphatic heterocycles. The number of likely N-dealkylation sites (tertiary alicyclic amines) is 1. The first kappa shape index (κ1) is 17.7. The summed E-state index contributed by atoms with van der Waals surface area (Å²) in [5.74, 6) is 0.740. The fourth-order valence-corrected chi connectivity index (χ4v) is 2.98. The maximum Gasteiger partial charge on any atom is 0.232 e. The lowest BCUT2D eigenvalue weighted by atomic mass is 10.1. The van der Waals surface area contributed by atoms with E-state index in [1.807, 2.05) is 21.0 Å². The Balaban J connectivity index is 1.82. The molecule has 0 spiro atoms. The van der Waals surface area contributed by atoms with Gasteiger partial charge in [0.05, 0.1) is 5.92 Å². The Bertz CT molecular complexity index is 547. The molecule has 1 aliphatic rings. The standard InChI is InChI=1S/C14H24N6O2S/c1-4-23-14-16-13(17-18-14)15-12(22)10-8-11(21)20(9-10)7-5-6-19(2)3/h10H,4-9H2,1-3H3,(H2,15,16,17,18,22). The van der Waals surface area contributed by atoms with E-state index in [9.17, 15) is 9.59 Å². The first-order valence-electron chi connectivity index (χ1n) is 7.78. The van der Waals surface area contributed by atoms with Crippen LogP contribution in [0.2, 0.25) is 0 Å². The Kier molecular flexibility index (Phi) is 6.40. The fourth-order valence-electron chi connectivity index (χ4n) is 2.46. The molecule has 2 heterocycles. The van der Waals surface area contributed by atoms with Gasteiger partial charge in [-0.2, -0.15) is 4.98 Å². The lowest BCUT2D eigenvalue weighted by molar-refractivity contribution is -0.128. The summed E-state index contributed by atoms with van der Waals surface area (Å²) in [6.07, 6.45) is 1.17. The SMILES string of the molecule is CCSc1n[nH]c(NC(=O)C2CC(=O)N(CCCN(C)C)C2)n1. The molecule has 128 valence electrons. The molecule has 2 N–H and O–H groups in total. The highest BCUT2D eigenvalue weighted by molar-refractivity contribution is 7.99. The first-order valence-corrected chi connectivity index (χ1v) is 8.76. The highest BCUT2D eigenvalue weighted by Gasteiger charge is 2.34. The van der Waals surface area contributed by atoms with Gasteiger partial charge in [-0.05, 0) is 32.8 Å². The molecule has 0 saturated carbocycles. The van der Waals surface area contributed by atoms with E-state index < -0.39 is 0 Å². The average Bonchev–Trinajstić information content (AvgIpc) is 3.06. The van der Waals surface area contributed by atoms with Crippen LogP contribution in [0.4, 0.5) is 5.95 Å². The van der Waals surface area contributed by atoms with Gasteiger partial charge in [0.2, 0.25) is 22.9 Å². The lowest BCUT2D eigenvalue weighted by Gasteiger charge is -2.17. The number of thioether (sulfide) groups is 1. The van der Waals surface area contributed by atoms with Crippen LogP contribution in [0.5, 0.6) is 0 Å². The van der Waals surface area contributed by atoms with E-state index in [1.165, 1.54) is 11.8 Å². The maximum absolute atomic E-state index is 12.3. The molecule has 1 unspecified atom stereocenters. The number of anilines is 1. The number of amides is 2. The van der Waals surface area contributed by atoms with Crippen molar-refractivity contribution in [3.63, 3.8) is 0 Å². The van der Waals surface area contributed by atoms with E-state index >= 15 is 0 Å². The summed E-state index contributed by atoms with van der Waals surface area (Å²) in [5, 5.41) is 10.0. The van der Waals surface area contributed by atoms with E-state index in [0.29, 0.717) is 24.2 Å². The Morgan fingerprint density at radius 3 is 3.00 bits per heavy atom. The molecule has 8 nitrogen and oxygen atoms in total. The highest BCUT2D eigenvalue weighted by atomic mass is 32.2. The molecule has 1 fully saturated rings. The van der Waals surface area contributed by atoms with Gasteiger partial charge in [-0.3, -0.25) is 14.9 Å². The number of aromatic amines is 1. The second-order valence-corrected chi connectivity index (χ2v) is 7.02. The Hall–Kier alpha value is -1.61. The van der Waals surface area contributed by atoms with Gasteiger partial charge in [-0.1, -0.05) is 18.7 Å². The van der Waals surface area contributed by atoms with Crippen LogP contribution in [0.1, 0.15) is 19.8 Å². The summed E-state index contributed by atoms with van der Waals surface area (Å²) >= 11 is 1.50. The van der Waals surface area contributed by atoms with E-state index in [1.54, 1.807) is 4.90 Å². The van der Waals surface area contributed by atoms with Crippen molar-refractivity contribution in [1.82, 2.24) is 25.0 Å². The zero-order valence-electron chi connectivity index (χ0n) is 13.8. The highest BCUT2D eigenvalue weighted by Crippen LogP contribution is 2.20. The first-order chi connectivity index (χ1) is 11.0. The minimum absolute atomic E-state index is 0.0451. The number of hydrogen-bond donors (Lipinski definition) is 2. The summed E-state index contributed by atoms with van der Waals surface area (Å²) in [7, 11) is 4.01. The smallest absolute Gasteiger partial charge is 0.232 e. The molecule has 0 aromatic carbocycles. The summed E-state index contributed by atoms with van der Waals surface area (Å²) in [6, 6.07) is 0. The number of rotatable bonds is 8. The number of hydrogen-bond acceptors (Lipinski definition) is 6. The fraction of sp³-hybridized carbons (Fsp3) is 0.714. The van der Waals surface area contributed by atoms with Crippen LogP contribution in [0.25, 0.3) is 0 Å². The number of carbonyl (C=O) groups excluding carboxylic acids is 2. The van der Waals surface area contributed by atoms with Crippen LogP contribution in [0.3, 0.4) is 0 Å². The molecule has 9 heteroatoms. The molecule has 0 aliphatic carbocycles. The molecule has 0 radical (unpaired) electrons. The van der Waals surface area contributed by atoms with E-state index in [2.05, 4.69) is 25.4 Å². The Labute approximate surface area is 140 Å². The van der Waals surface area contributed by atoms with Crippen molar-refractivity contribution in [2.24, 2.45) is 5.92 Å². The molecule has 2 rings (SSSR count). The van der Waals surface area contributed by atoms with E-state index in [-0.39, 0.29) is 24.2 Å². The van der Waals surface area contributed by atoms with E-state index in [0.717, 1.165) is 18.7 Å². The van der Waals surface area contributed by atoms with Crippen LogP contribution < -0.4 is 5.32 Å². The van der Waals surface area contributed by atoms with Gasteiger partial charge >= 0.3 is 0 Å². The number of H-pyrrole nitrogens is 1. The second kappa shape index (κ2) is 8.30. The lowest BCUT2D eigenvalue weighted by Crippen LogP contribution is -2.30. The van der Waals surface area contributed by atoms with Crippen molar-refractivity contribution in [2.45, 2.75) is 24.9 Å². The quantitative estimate of drug-likeness (QED) is 0.675. The third-order valence-corrected chi connectivity index (χ3v) is 4.33. The number of carbonyl (C=O) groups is 2. The van der Waals surface area contributed by atoms with Gasteiger partial charge in [0.25, 0.3) is 0 Å². The average molecular weight is 340 g/mol. The molecular weight excluding hydrogens is 316 g/mol. The second-order valence-electron chi connectivity index (χ2n) is 5.79. The normalized spacial score (nSPS) is 18.0. The molecule has 23 heavy (non-hydrogen) atoms. The van der Waals surface area contributed by atoms with Crippen molar-refractivity contribution < 1.29 is 9.59 Å². The number of nitrogens with zero attached hydrogens (tertiary/aromatic N) is 4. The van der Waals surface area contributed by atoms with Gasteiger partial charge in [-0.25, -0.2) is 5.10 Å². The third-order valence-electron chi connectivity index (χ3n) is 3.60. The van der Waals surface area contributed by atoms with Crippen molar-refractivity contribution in [2.75, 3.05) is 44.8 Å². The minimum atomic E-state index is -0.325. The van der Waals surface area contributed by atoms with Crippen LogP contribution >= 0.6 is 11.8 Å². The van der Waals surface area contributed by atoms with Crippen molar-refractivity contribution in [3.05, 3.63) is 0 Å². The van der Waals surface area contributed by atoms with Gasteiger partial charge < -0.3 is 9.80 Å². The number of nitrogens with one attached hydrogen (secondary N) is 2.